The number of piperidine rings is 1. The van der Waals surface area contributed by atoms with Crippen LogP contribution in [0.3, 0.4) is 0 Å². The van der Waals surface area contributed by atoms with Crippen LogP contribution in [0.2, 0.25) is 0 Å². The maximum atomic E-state index is 12.3. The highest BCUT2D eigenvalue weighted by atomic mass is 32.2. The largest absolute Gasteiger partial charge is 0.491 e. The van der Waals surface area contributed by atoms with Crippen LogP contribution >= 0.6 is 0 Å². The van der Waals surface area contributed by atoms with E-state index in [1.165, 1.54) is 10.6 Å². The Balaban J connectivity index is 1.84. The molecule has 0 radical (unpaired) electrons. The van der Waals surface area contributed by atoms with Gasteiger partial charge in [-0.05, 0) is 44.4 Å². The molecule has 0 aromatic heterocycles. The second-order valence-corrected chi connectivity index (χ2v) is 8.45. The van der Waals surface area contributed by atoms with Gasteiger partial charge in [0.25, 0.3) is 0 Å². The summed E-state index contributed by atoms with van der Waals surface area (Å²) in [4.78, 5) is 12.3. The SMILES string of the molecule is CC(C)Oc1cccc(CNC(=O)C2CCN(S(C)(=O)=O)CC2)c1. The number of nitrogens with zero attached hydrogens (tertiary/aromatic N) is 1. The number of hydrogen-bond donors (Lipinski definition) is 1. The highest BCUT2D eigenvalue weighted by Crippen LogP contribution is 2.20. The predicted octanol–water partition coefficient (Wildman–Crippen LogP) is 1.76. The summed E-state index contributed by atoms with van der Waals surface area (Å²) in [6.07, 6.45) is 2.44. The van der Waals surface area contributed by atoms with E-state index in [-0.39, 0.29) is 17.9 Å². The third-order valence-electron chi connectivity index (χ3n) is 4.03. The number of carbonyl (C=O) groups is 1. The Labute approximate surface area is 144 Å². The van der Waals surface area contributed by atoms with E-state index in [1.54, 1.807) is 0 Å². The Bertz CT molecular complexity index is 665. The van der Waals surface area contributed by atoms with Gasteiger partial charge in [0.1, 0.15) is 5.75 Å². The van der Waals surface area contributed by atoms with Crippen molar-refractivity contribution in [2.75, 3.05) is 19.3 Å². The number of amides is 1. The minimum Gasteiger partial charge on any atom is -0.491 e. The topological polar surface area (TPSA) is 75.7 Å². The minimum atomic E-state index is -3.16. The van der Waals surface area contributed by atoms with Gasteiger partial charge in [-0.3, -0.25) is 4.79 Å². The molecule has 0 saturated carbocycles. The van der Waals surface area contributed by atoms with E-state index in [0.29, 0.717) is 32.5 Å². The van der Waals surface area contributed by atoms with Crippen molar-refractivity contribution in [3.63, 3.8) is 0 Å². The Morgan fingerprint density at radius 3 is 2.58 bits per heavy atom. The first kappa shape index (κ1) is 18.7. The van der Waals surface area contributed by atoms with Gasteiger partial charge in [0, 0.05) is 25.6 Å². The van der Waals surface area contributed by atoms with Crippen molar-refractivity contribution in [3.05, 3.63) is 29.8 Å². The van der Waals surface area contributed by atoms with Crippen LogP contribution in [0.15, 0.2) is 24.3 Å². The second kappa shape index (κ2) is 7.98. The molecule has 1 aromatic carbocycles. The zero-order chi connectivity index (χ0) is 17.7. The molecule has 6 nitrogen and oxygen atoms in total. The standard InChI is InChI=1S/C17H26N2O4S/c1-13(2)23-16-6-4-5-14(11-16)12-18-17(20)15-7-9-19(10-8-15)24(3,21)22/h4-6,11,13,15H,7-10,12H2,1-3H3,(H,18,20). The summed E-state index contributed by atoms with van der Waals surface area (Å²) >= 11 is 0. The van der Waals surface area contributed by atoms with Crippen LogP contribution in [0, 0.1) is 5.92 Å². The molecular formula is C17H26N2O4S. The van der Waals surface area contributed by atoms with Crippen molar-refractivity contribution in [3.8, 4) is 5.75 Å². The average molecular weight is 354 g/mol. The van der Waals surface area contributed by atoms with Crippen molar-refractivity contribution in [2.24, 2.45) is 5.92 Å². The average Bonchev–Trinajstić information content (AvgIpc) is 2.51. The third kappa shape index (κ3) is 5.49. The smallest absolute Gasteiger partial charge is 0.223 e. The molecule has 1 aliphatic rings. The van der Waals surface area contributed by atoms with E-state index in [2.05, 4.69) is 5.32 Å². The molecule has 1 N–H and O–H groups in total. The third-order valence-corrected chi connectivity index (χ3v) is 5.33. The number of rotatable bonds is 6. The van der Waals surface area contributed by atoms with Crippen molar-refractivity contribution in [1.29, 1.82) is 0 Å². The number of benzene rings is 1. The van der Waals surface area contributed by atoms with Gasteiger partial charge in [0.2, 0.25) is 15.9 Å². The molecule has 0 atom stereocenters. The van der Waals surface area contributed by atoms with Crippen LogP contribution in [0.1, 0.15) is 32.3 Å². The minimum absolute atomic E-state index is 0.0154. The van der Waals surface area contributed by atoms with Gasteiger partial charge in [-0.1, -0.05) is 12.1 Å². The van der Waals surface area contributed by atoms with Crippen LogP contribution in [-0.4, -0.2) is 44.1 Å². The summed E-state index contributed by atoms with van der Waals surface area (Å²) in [6.45, 7) is 5.21. The lowest BCUT2D eigenvalue weighted by atomic mass is 9.97. The molecule has 0 aliphatic carbocycles. The molecule has 24 heavy (non-hydrogen) atoms. The fourth-order valence-corrected chi connectivity index (χ4v) is 3.66. The van der Waals surface area contributed by atoms with Gasteiger partial charge in [0.05, 0.1) is 12.4 Å². The first-order valence-electron chi connectivity index (χ1n) is 8.24. The molecule has 1 fully saturated rings. The van der Waals surface area contributed by atoms with Crippen molar-refractivity contribution in [1.82, 2.24) is 9.62 Å². The quantitative estimate of drug-likeness (QED) is 0.845. The molecule has 1 amide bonds. The van der Waals surface area contributed by atoms with E-state index in [0.717, 1.165) is 11.3 Å². The fraction of sp³-hybridized carbons (Fsp3) is 0.588. The molecule has 2 rings (SSSR count). The molecule has 0 unspecified atom stereocenters. The van der Waals surface area contributed by atoms with E-state index >= 15 is 0 Å². The molecular weight excluding hydrogens is 328 g/mol. The summed E-state index contributed by atoms with van der Waals surface area (Å²) in [5.41, 5.74) is 0.982. The van der Waals surface area contributed by atoms with Gasteiger partial charge in [-0.25, -0.2) is 12.7 Å². The van der Waals surface area contributed by atoms with Gasteiger partial charge < -0.3 is 10.1 Å². The number of sulfonamides is 1. The Hall–Kier alpha value is -1.60. The monoisotopic (exact) mass is 354 g/mol. The number of ether oxygens (including phenoxy) is 1. The van der Waals surface area contributed by atoms with Gasteiger partial charge in [-0.2, -0.15) is 0 Å². The second-order valence-electron chi connectivity index (χ2n) is 6.47. The van der Waals surface area contributed by atoms with E-state index in [9.17, 15) is 13.2 Å². The molecule has 1 aliphatic heterocycles. The van der Waals surface area contributed by atoms with E-state index < -0.39 is 10.0 Å². The summed E-state index contributed by atoms with van der Waals surface area (Å²) in [7, 11) is -3.16. The first-order chi connectivity index (χ1) is 11.3. The molecule has 1 heterocycles. The van der Waals surface area contributed by atoms with Crippen LogP contribution < -0.4 is 10.1 Å². The van der Waals surface area contributed by atoms with Gasteiger partial charge in [-0.15, -0.1) is 0 Å². The number of hydrogen-bond acceptors (Lipinski definition) is 4. The van der Waals surface area contributed by atoms with Gasteiger partial charge in [0.15, 0.2) is 0 Å². The van der Waals surface area contributed by atoms with Crippen LogP contribution in [0.5, 0.6) is 5.75 Å². The first-order valence-corrected chi connectivity index (χ1v) is 10.1. The van der Waals surface area contributed by atoms with Gasteiger partial charge >= 0.3 is 0 Å². The Morgan fingerprint density at radius 2 is 2.00 bits per heavy atom. The van der Waals surface area contributed by atoms with Crippen molar-refractivity contribution in [2.45, 2.75) is 39.3 Å². The van der Waals surface area contributed by atoms with Crippen LogP contribution in [0.25, 0.3) is 0 Å². The lowest BCUT2D eigenvalue weighted by molar-refractivity contribution is -0.126. The van der Waals surface area contributed by atoms with E-state index in [1.807, 2.05) is 38.1 Å². The summed E-state index contributed by atoms with van der Waals surface area (Å²) in [6, 6.07) is 7.67. The summed E-state index contributed by atoms with van der Waals surface area (Å²) < 4.78 is 30.1. The van der Waals surface area contributed by atoms with Crippen LogP contribution in [0.4, 0.5) is 0 Å². The zero-order valence-electron chi connectivity index (χ0n) is 14.5. The van der Waals surface area contributed by atoms with E-state index in [4.69, 9.17) is 4.74 Å². The maximum absolute atomic E-state index is 12.3. The highest BCUT2D eigenvalue weighted by molar-refractivity contribution is 7.88. The maximum Gasteiger partial charge on any atom is 0.223 e. The molecule has 0 spiro atoms. The summed E-state index contributed by atoms with van der Waals surface area (Å²) in [5, 5.41) is 2.94. The lowest BCUT2D eigenvalue weighted by Crippen LogP contribution is -2.42. The Kier molecular flexibility index (Phi) is 6.23. The molecule has 7 heteroatoms. The molecule has 0 bridgehead atoms. The zero-order valence-corrected chi connectivity index (χ0v) is 15.3. The molecule has 134 valence electrons. The highest BCUT2D eigenvalue weighted by Gasteiger charge is 2.28. The lowest BCUT2D eigenvalue weighted by Gasteiger charge is -2.29. The molecule has 1 saturated heterocycles. The Morgan fingerprint density at radius 1 is 1.33 bits per heavy atom. The van der Waals surface area contributed by atoms with Crippen molar-refractivity contribution < 1.29 is 17.9 Å². The number of nitrogens with one attached hydrogen (secondary N) is 1. The summed E-state index contributed by atoms with van der Waals surface area (Å²) in [5.74, 6) is 0.648. The molecule has 1 aromatic rings. The predicted molar refractivity (Wildman–Crippen MR) is 93.2 cm³/mol. The van der Waals surface area contributed by atoms with Crippen molar-refractivity contribution >= 4 is 15.9 Å². The normalized spacial score (nSPS) is 17.0. The fourth-order valence-electron chi connectivity index (χ4n) is 2.78. The van der Waals surface area contributed by atoms with Crippen LogP contribution in [-0.2, 0) is 21.4 Å². The number of carbonyl (C=O) groups excluding carboxylic acids is 1.